The summed E-state index contributed by atoms with van der Waals surface area (Å²) in [6, 6.07) is 10.1. The van der Waals surface area contributed by atoms with Crippen molar-refractivity contribution >= 4 is 5.91 Å². The molecule has 0 radical (unpaired) electrons. The van der Waals surface area contributed by atoms with Crippen LogP contribution in [0.3, 0.4) is 0 Å². The summed E-state index contributed by atoms with van der Waals surface area (Å²) in [5.41, 5.74) is 0.436. The Bertz CT molecular complexity index is 702. The molecule has 2 heterocycles. The second-order valence-corrected chi connectivity index (χ2v) is 6.30. The first-order valence-corrected chi connectivity index (χ1v) is 8.30. The Balaban J connectivity index is 1.59. The number of furan rings is 1. The third-order valence-electron chi connectivity index (χ3n) is 4.16. The topological polar surface area (TPSA) is 42.7 Å². The smallest absolute Gasteiger partial charge is 0.223 e. The highest BCUT2D eigenvalue weighted by Gasteiger charge is 2.25. The van der Waals surface area contributed by atoms with Crippen molar-refractivity contribution in [2.75, 3.05) is 13.1 Å². The number of halogens is 1. The molecule has 1 aromatic heterocycles. The van der Waals surface area contributed by atoms with Crippen LogP contribution in [0.5, 0.6) is 0 Å². The number of aryl methyl sites for hydroxylation is 1. The standard InChI is InChI=1S/C19H22FNO3/c1-13-11-21(12-14(2)23-13)19(22)10-8-15-7-9-18(24-15)16-5-3-4-6-17(16)20/h3-7,9,13-14H,8,10-12H2,1-2H3/t13-,14-/m0/s1. The van der Waals surface area contributed by atoms with Gasteiger partial charge in [0.1, 0.15) is 17.3 Å². The van der Waals surface area contributed by atoms with Gasteiger partial charge in [-0.3, -0.25) is 4.79 Å². The first-order chi connectivity index (χ1) is 11.5. The summed E-state index contributed by atoms with van der Waals surface area (Å²) < 4.78 is 25.1. The Kier molecular flexibility index (Phi) is 5.00. The third-order valence-corrected chi connectivity index (χ3v) is 4.16. The lowest BCUT2D eigenvalue weighted by atomic mass is 10.1. The molecule has 3 rings (SSSR count). The normalized spacial score (nSPS) is 21.0. The van der Waals surface area contributed by atoms with Gasteiger partial charge in [-0.25, -0.2) is 4.39 Å². The summed E-state index contributed by atoms with van der Waals surface area (Å²) in [5, 5.41) is 0. The van der Waals surface area contributed by atoms with Gasteiger partial charge in [0.25, 0.3) is 0 Å². The van der Waals surface area contributed by atoms with E-state index in [0.29, 0.717) is 43.0 Å². The fourth-order valence-electron chi connectivity index (χ4n) is 3.09. The molecule has 4 nitrogen and oxygen atoms in total. The molecule has 2 atom stereocenters. The average Bonchev–Trinajstić information content (AvgIpc) is 3.01. The summed E-state index contributed by atoms with van der Waals surface area (Å²) in [6.45, 7) is 5.20. The van der Waals surface area contributed by atoms with Crippen molar-refractivity contribution in [2.45, 2.75) is 38.9 Å². The van der Waals surface area contributed by atoms with Gasteiger partial charge in [-0.2, -0.15) is 0 Å². The molecular weight excluding hydrogens is 309 g/mol. The molecule has 1 aliphatic rings. The molecule has 128 valence electrons. The van der Waals surface area contributed by atoms with Crippen LogP contribution < -0.4 is 0 Å². The van der Waals surface area contributed by atoms with Crippen LogP contribution in [-0.2, 0) is 16.0 Å². The summed E-state index contributed by atoms with van der Waals surface area (Å²) in [7, 11) is 0. The van der Waals surface area contributed by atoms with Crippen LogP contribution in [0.15, 0.2) is 40.8 Å². The number of carbonyl (C=O) groups excluding carboxylic acids is 1. The van der Waals surface area contributed by atoms with E-state index in [9.17, 15) is 9.18 Å². The molecule has 0 saturated carbocycles. The lowest BCUT2D eigenvalue weighted by Gasteiger charge is -2.35. The van der Waals surface area contributed by atoms with Crippen molar-refractivity contribution in [3.63, 3.8) is 0 Å². The molecule has 5 heteroatoms. The van der Waals surface area contributed by atoms with E-state index in [0.717, 1.165) is 0 Å². The molecular formula is C19H22FNO3. The van der Waals surface area contributed by atoms with Crippen molar-refractivity contribution in [3.05, 3.63) is 48.0 Å². The predicted molar refractivity (Wildman–Crippen MR) is 89.0 cm³/mol. The van der Waals surface area contributed by atoms with Crippen LogP contribution in [0.1, 0.15) is 26.0 Å². The highest BCUT2D eigenvalue weighted by Crippen LogP contribution is 2.25. The molecule has 0 spiro atoms. The number of carbonyl (C=O) groups is 1. The van der Waals surface area contributed by atoms with Crippen LogP contribution in [0.4, 0.5) is 4.39 Å². The third kappa shape index (κ3) is 3.85. The van der Waals surface area contributed by atoms with Crippen molar-refractivity contribution in [1.82, 2.24) is 4.90 Å². The molecule has 1 amide bonds. The van der Waals surface area contributed by atoms with Crippen molar-refractivity contribution < 1.29 is 18.3 Å². The molecule has 0 unspecified atom stereocenters. The second kappa shape index (κ2) is 7.18. The maximum atomic E-state index is 13.8. The molecule has 0 N–H and O–H groups in total. The van der Waals surface area contributed by atoms with Gasteiger partial charge in [-0.1, -0.05) is 12.1 Å². The van der Waals surface area contributed by atoms with Crippen LogP contribution in [0.25, 0.3) is 11.3 Å². The minimum absolute atomic E-state index is 0.0639. The van der Waals surface area contributed by atoms with Crippen LogP contribution in [-0.4, -0.2) is 36.1 Å². The summed E-state index contributed by atoms with van der Waals surface area (Å²) in [4.78, 5) is 14.2. The summed E-state index contributed by atoms with van der Waals surface area (Å²) in [5.74, 6) is 0.965. The van der Waals surface area contributed by atoms with Gasteiger partial charge in [0.2, 0.25) is 5.91 Å². The summed E-state index contributed by atoms with van der Waals surface area (Å²) >= 11 is 0. The fraction of sp³-hybridized carbons (Fsp3) is 0.421. The van der Waals surface area contributed by atoms with Crippen molar-refractivity contribution in [2.24, 2.45) is 0 Å². The minimum atomic E-state index is -0.314. The fourth-order valence-corrected chi connectivity index (χ4v) is 3.09. The number of ether oxygens (including phenoxy) is 1. The Labute approximate surface area is 141 Å². The number of hydrogen-bond acceptors (Lipinski definition) is 3. The van der Waals surface area contributed by atoms with E-state index >= 15 is 0 Å². The zero-order valence-electron chi connectivity index (χ0n) is 14.0. The Morgan fingerprint density at radius 1 is 1.17 bits per heavy atom. The van der Waals surface area contributed by atoms with Crippen LogP contribution in [0, 0.1) is 5.82 Å². The predicted octanol–water partition coefficient (Wildman–Crippen LogP) is 3.65. The average molecular weight is 331 g/mol. The maximum Gasteiger partial charge on any atom is 0.223 e. The van der Waals surface area contributed by atoms with E-state index in [-0.39, 0.29) is 23.9 Å². The number of hydrogen-bond donors (Lipinski definition) is 0. The minimum Gasteiger partial charge on any atom is -0.461 e. The van der Waals surface area contributed by atoms with Gasteiger partial charge in [0, 0.05) is 25.9 Å². The van der Waals surface area contributed by atoms with Gasteiger partial charge in [0.15, 0.2) is 0 Å². The molecule has 24 heavy (non-hydrogen) atoms. The van der Waals surface area contributed by atoms with Crippen LogP contribution >= 0.6 is 0 Å². The van der Waals surface area contributed by atoms with E-state index in [1.165, 1.54) is 6.07 Å². The number of amides is 1. The molecule has 1 aliphatic heterocycles. The van der Waals surface area contributed by atoms with Gasteiger partial charge in [-0.15, -0.1) is 0 Å². The quantitative estimate of drug-likeness (QED) is 0.859. The highest BCUT2D eigenvalue weighted by molar-refractivity contribution is 5.76. The van der Waals surface area contributed by atoms with E-state index in [2.05, 4.69) is 0 Å². The van der Waals surface area contributed by atoms with Crippen LogP contribution in [0.2, 0.25) is 0 Å². The van der Waals surface area contributed by atoms with Gasteiger partial charge >= 0.3 is 0 Å². The lowest BCUT2D eigenvalue weighted by molar-refractivity contribution is -0.143. The zero-order chi connectivity index (χ0) is 17.1. The van der Waals surface area contributed by atoms with Crippen molar-refractivity contribution in [1.29, 1.82) is 0 Å². The lowest BCUT2D eigenvalue weighted by Crippen LogP contribution is -2.48. The largest absolute Gasteiger partial charge is 0.461 e. The van der Waals surface area contributed by atoms with Gasteiger partial charge in [0.05, 0.1) is 17.8 Å². The molecule has 1 aromatic carbocycles. The van der Waals surface area contributed by atoms with E-state index in [1.54, 1.807) is 30.3 Å². The number of rotatable bonds is 4. The first kappa shape index (κ1) is 16.7. The maximum absolute atomic E-state index is 13.8. The Morgan fingerprint density at radius 3 is 2.58 bits per heavy atom. The van der Waals surface area contributed by atoms with E-state index in [4.69, 9.17) is 9.15 Å². The zero-order valence-corrected chi connectivity index (χ0v) is 14.0. The van der Waals surface area contributed by atoms with Gasteiger partial charge < -0.3 is 14.1 Å². The molecule has 0 aliphatic carbocycles. The Morgan fingerprint density at radius 2 is 1.88 bits per heavy atom. The molecule has 1 saturated heterocycles. The van der Waals surface area contributed by atoms with E-state index < -0.39 is 0 Å². The molecule has 1 fully saturated rings. The number of nitrogens with zero attached hydrogens (tertiary/aromatic N) is 1. The Hall–Kier alpha value is -2.14. The SMILES string of the molecule is C[C@H]1CN(C(=O)CCc2ccc(-c3ccccc3F)o2)C[C@H](C)O1. The number of benzene rings is 1. The molecule has 0 bridgehead atoms. The number of morpholine rings is 1. The molecule has 2 aromatic rings. The summed E-state index contributed by atoms with van der Waals surface area (Å²) in [6.07, 6.45) is 1.01. The highest BCUT2D eigenvalue weighted by atomic mass is 19.1. The van der Waals surface area contributed by atoms with Gasteiger partial charge in [-0.05, 0) is 38.1 Å². The van der Waals surface area contributed by atoms with E-state index in [1.807, 2.05) is 18.7 Å². The van der Waals surface area contributed by atoms with Crippen molar-refractivity contribution in [3.8, 4) is 11.3 Å². The first-order valence-electron chi connectivity index (χ1n) is 8.30. The monoisotopic (exact) mass is 331 g/mol. The second-order valence-electron chi connectivity index (χ2n) is 6.30.